The standard InChI is InChI=1S/C17H14BrN5O4/c1-11(27-16(24)10-12-2-6-14(18)7-3-12)22-20-17(19-21-22)13-4-8-15(9-5-13)23(25)26/h2-9,11H,10H2,1H3/t11-/m1/s1. The Morgan fingerprint density at radius 3 is 2.52 bits per heavy atom. The quantitative estimate of drug-likeness (QED) is 0.334. The van der Waals surface area contributed by atoms with E-state index in [9.17, 15) is 14.9 Å². The molecule has 1 aromatic heterocycles. The zero-order valence-corrected chi connectivity index (χ0v) is 15.7. The summed E-state index contributed by atoms with van der Waals surface area (Å²) < 4.78 is 6.26. The highest BCUT2D eigenvalue weighted by molar-refractivity contribution is 9.10. The van der Waals surface area contributed by atoms with Crippen LogP contribution in [-0.2, 0) is 16.0 Å². The molecule has 2 aromatic carbocycles. The molecule has 0 spiro atoms. The molecule has 3 rings (SSSR count). The van der Waals surface area contributed by atoms with Gasteiger partial charge >= 0.3 is 5.97 Å². The first-order chi connectivity index (χ1) is 12.9. The molecule has 1 atom stereocenters. The predicted molar refractivity (Wildman–Crippen MR) is 98.6 cm³/mol. The van der Waals surface area contributed by atoms with E-state index < -0.39 is 17.1 Å². The van der Waals surface area contributed by atoms with Crippen molar-refractivity contribution in [1.82, 2.24) is 20.2 Å². The van der Waals surface area contributed by atoms with E-state index in [2.05, 4.69) is 31.3 Å². The lowest BCUT2D eigenvalue weighted by Gasteiger charge is -2.11. The van der Waals surface area contributed by atoms with Crippen molar-refractivity contribution >= 4 is 27.6 Å². The Labute approximate surface area is 162 Å². The summed E-state index contributed by atoms with van der Waals surface area (Å²) in [4.78, 5) is 23.5. The molecule has 1 heterocycles. The van der Waals surface area contributed by atoms with Gasteiger partial charge < -0.3 is 4.74 Å². The first kappa shape index (κ1) is 18.6. The normalized spacial score (nSPS) is 11.8. The largest absolute Gasteiger partial charge is 0.438 e. The second-order valence-electron chi connectivity index (χ2n) is 5.63. The van der Waals surface area contributed by atoms with Gasteiger partial charge in [0.05, 0.1) is 11.3 Å². The van der Waals surface area contributed by atoms with Crippen LogP contribution < -0.4 is 0 Å². The molecule has 0 aliphatic heterocycles. The van der Waals surface area contributed by atoms with Gasteiger partial charge in [-0.05, 0) is 42.0 Å². The van der Waals surface area contributed by atoms with E-state index in [0.717, 1.165) is 10.0 Å². The highest BCUT2D eigenvalue weighted by Crippen LogP contribution is 2.19. The summed E-state index contributed by atoms with van der Waals surface area (Å²) in [7, 11) is 0. The van der Waals surface area contributed by atoms with Gasteiger partial charge in [0.15, 0.2) is 0 Å². The third kappa shape index (κ3) is 4.73. The number of aromatic nitrogens is 4. The zero-order chi connectivity index (χ0) is 19.4. The number of carbonyl (C=O) groups excluding carboxylic acids is 1. The van der Waals surface area contributed by atoms with Crippen LogP contribution >= 0.6 is 15.9 Å². The van der Waals surface area contributed by atoms with Crippen LogP contribution in [0, 0.1) is 10.1 Å². The molecule has 0 amide bonds. The molecule has 0 saturated carbocycles. The number of hydrogen-bond donors (Lipinski definition) is 0. The van der Waals surface area contributed by atoms with Crippen molar-refractivity contribution in [2.75, 3.05) is 0 Å². The van der Waals surface area contributed by atoms with E-state index in [1.807, 2.05) is 24.3 Å². The number of esters is 1. The molecule has 3 aromatic rings. The fourth-order valence-corrected chi connectivity index (χ4v) is 2.54. The van der Waals surface area contributed by atoms with Crippen LogP contribution in [0.15, 0.2) is 53.0 Å². The summed E-state index contributed by atoms with van der Waals surface area (Å²) in [6, 6.07) is 13.1. The number of hydrogen-bond acceptors (Lipinski definition) is 7. The van der Waals surface area contributed by atoms with Gasteiger partial charge in [-0.3, -0.25) is 14.9 Å². The van der Waals surface area contributed by atoms with Gasteiger partial charge in [0, 0.05) is 22.2 Å². The van der Waals surface area contributed by atoms with Crippen LogP contribution in [-0.4, -0.2) is 31.1 Å². The van der Waals surface area contributed by atoms with Crippen LogP contribution in [0.4, 0.5) is 5.69 Å². The third-order valence-electron chi connectivity index (χ3n) is 3.65. The van der Waals surface area contributed by atoms with Crippen molar-refractivity contribution in [3.63, 3.8) is 0 Å². The number of carbonyl (C=O) groups is 1. The Balaban J connectivity index is 1.63. The molecule has 0 N–H and O–H groups in total. The number of benzene rings is 2. The number of nitrogens with zero attached hydrogens (tertiary/aromatic N) is 5. The molecule has 0 saturated heterocycles. The molecule has 0 fully saturated rings. The summed E-state index contributed by atoms with van der Waals surface area (Å²) >= 11 is 3.34. The third-order valence-corrected chi connectivity index (χ3v) is 4.18. The first-order valence-corrected chi connectivity index (χ1v) is 8.70. The Hall–Kier alpha value is -3.14. The summed E-state index contributed by atoms with van der Waals surface area (Å²) in [5.74, 6) is -0.139. The van der Waals surface area contributed by atoms with Gasteiger partial charge in [0.1, 0.15) is 0 Å². The fraction of sp³-hybridized carbons (Fsp3) is 0.176. The van der Waals surface area contributed by atoms with Crippen molar-refractivity contribution in [3.05, 3.63) is 68.7 Å². The minimum atomic E-state index is -0.743. The van der Waals surface area contributed by atoms with E-state index in [1.54, 1.807) is 6.92 Å². The maximum Gasteiger partial charge on any atom is 0.312 e. The molecule has 9 nitrogen and oxygen atoms in total. The van der Waals surface area contributed by atoms with Crippen molar-refractivity contribution in [1.29, 1.82) is 0 Å². The first-order valence-electron chi connectivity index (χ1n) is 7.90. The number of ether oxygens (including phenoxy) is 1. The second kappa shape index (κ2) is 8.04. The van der Waals surface area contributed by atoms with Gasteiger partial charge in [-0.25, -0.2) is 0 Å². The molecule has 27 heavy (non-hydrogen) atoms. The second-order valence-corrected chi connectivity index (χ2v) is 6.55. The van der Waals surface area contributed by atoms with Crippen LogP contribution in [0.3, 0.4) is 0 Å². The fourth-order valence-electron chi connectivity index (χ4n) is 2.27. The van der Waals surface area contributed by atoms with Gasteiger partial charge in [-0.15, -0.1) is 15.0 Å². The summed E-state index contributed by atoms with van der Waals surface area (Å²) in [5, 5.41) is 22.6. The van der Waals surface area contributed by atoms with E-state index in [0.29, 0.717) is 5.56 Å². The van der Waals surface area contributed by atoms with Crippen LogP contribution in [0.25, 0.3) is 11.4 Å². The predicted octanol–water partition coefficient (Wildman–Crippen LogP) is 3.32. The number of halogens is 1. The number of nitro benzene ring substituents is 1. The minimum absolute atomic E-state index is 0.0265. The number of nitro groups is 1. The lowest BCUT2D eigenvalue weighted by atomic mass is 10.2. The van der Waals surface area contributed by atoms with Crippen LogP contribution in [0.5, 0.6) is 0 Å². The van der Waals surface area contributed by atoms with E-state index in [4.69, 9.17) is 4.74 Å². The molecule has 0 radical (unpaired) electrons. The average Bonchev–Trinajstić information content (AvgIpc) is 3.14. The highest BCUT2D eigenvalue weighted by Gasteiger charge is 2.16. The van der Waals surface area contributed by atoms with Crippen LogP contribution in [0.2, 0.25) is 0 Å². The molecule has 0 aliphatic carbocycles. The Bertz CT molecular complexity index is 956. The highest BCUT2D eigenvalue weighted by atomic mass is 79.9. The average molecular weight is 432 g/mol. The Kier molecular flexibility index (Phi) is 5.55. The van der Waals surface area contributed by atoms with E-state index in [1.165, 1.54) is 29.1 Å². The number of tetrazole rings is 1. The Morgan fingerprint density at radius 1 is 1.22 bits per heavy atom. The minimum Gasteiger partial charge on any atom is -0.438 e. The van der Waals surface area contributed by atoms with Crippen LogP contribution in [0.1, 0.15) is 18.7 Å². The molecule has 0 bridgehead atoms. The maximum absolute atomic E-state index is 12.1. The monoisotopic (exact) mass is 431 g/mol. The van der Waals surface area contributed by atoms with E-state index >= 15 is 0 Å². The topological polar surface area (TPSA) is 113 Å². The molecule has 138 valence electrons. The van der Waals surface area contributed by atoms with Crippen molar-refractivity contribution in [2.24, 2.45) is 0 Å². The SMILES string of the molecule is C[C@@H](OC(=O)Cc1ccc(Br)cc1)n1nnc(-c2ccc([N+](=O)[O-])cc2)n1. The van der Waals surface area contributed by atoms with Gasteiger partial charge in [-0.1, -0.05) is 28.1 Å². The van der Waals surface area contributed by atoms with Crippen molar-refractivity contribution < 1.29 is 14.5 Å². The van der Waals surface area contributed by atoms with Gasteiger partial charge in [0.2, 0.25) is 12.1 Å². The van der Waals surface area contributed by atoms with Crippen molar-refractivity contribution in [3.8, 4) is 11.4 Å². The molecule has 10 heteroatoms. The Morgan fingerprint density at radius 2 is 1.89 bits per heavy atom. The number of rotatable bonds is 6. The molecular weight excluding hydrogens is 418 g/mol. The molecule has 0 aliphatic rings. The van der Waals surface area contributed by atoms with Gasteiger partial charge in [0.25, 0.3) is 5.69 Å². The molecule has 0 unspecified atom stereocenters. The number of non-ortho nitro benzene ring substituents is 1. The maximum atomic E-state index is 12.1. The van der Waals surface area contributed by atoms with E-state index in [-0.39, 0.29) is 17.9 Å². The van der Waals surface area contributed by atoms with Crippen molar-refractivity contribution in [2.45, 2.75) is 19.6 Å². The van der Waals surface area contributed by atoms with Gasteiger partial charge in [-0.2, -0.15) is 0 Å². The summed E-state index contributed by atoms with van der Waals surface area (Å²) in [6.07, 6.45) is -0.617. The summed E-state index contributed by atoms with van der Waals surface area (Å²) in [5.41, 5.74) is 1.37. The lowest BCUT2D eigenvalue weighted by Crippen LogP contribution is -2.18. The summed E-state index contributed by atoms with van der Waals surface area (Å²) in [6.45, 7) is 1.63. The molecular formula is C17H14BrN5O4. The zero-order valence-electron chi connectivity index (χ0n) is 14.2. The lowest BCUT2D eigenvalue weighted by molar-refractivity contribution is -0.384. The smallest absolute Gasteiger partial charge is 0.312 e.